The maximum atomic E-state index is 12.1. The number of amides is 1. The van der Waals surface area contributed by atoms with Crippen LogP contribution in [-0.4, -0.2) is 52.7 Å². The van der Waals surface area contributed by atoms with Crippen LogP contribution in [0.3, 0.4) is 0 Å². The van der Waals surface area contributed by atoms with Gasteiger partial charge in [0.25, 0.3) is 5.96 Å². The Kier molecular flexibility index (Phi) is 6.17. The number of ether oxygens (including phenoxy) is 2. The quantitative estimate of drug-likeness (QED) is 0.329. The number of esters is 1. The van der Waals surface area contributed by atoms with Gasteiger partial charge < -0.3 is 18.8 Å². The normalized spacial score (nSPS) is 16.0. The Labute approximate surface area is 146 Å². The van der Waals surface area contributed by atoms with Crippen molar-refractivity contribution < 1.29 is 28.5 Å². The summed E-state index contributed by atoms with van der Waals surface area (Å²) < 4.78 is 14.5. The Morgan fingerprint density at radius 3 is 2.76 bits per heavy atom. The lowest BCUT2D eigenvalue weighted by molar-refractivity contribution is -0.486. The largest absolute Gasteiger partial charge is 0.448 e. The summed E-state index contributed by atoms with van der Waals surface area (Å²) in [5.41, 5.74) is 0. The summed E-state index contributed by atoms with van der Waals surface area (Å²) in [6, 6.07) is 3.15. The molecule has 11 nitrogen and oxygen atoms in total. The zero-order valence-corrected chi connectivity index (χ0v) is 14.0. The van der Waals surface area contributed by atoms with Crippen molar-refractivity contribution in [2.24, 2.45) is 5.10 Å². The number of rotatable bonds is 5. The maximum Gasteiger partial charge on any atom is 0.419 e. The third kappa shape index (κ3) is 5.35. The van der Waals surface area contributed by atoms with Crippen LogP contribution >= 0.6 is 11.6 Å². The molecule has 0 spiro atoms. The van der Waals surface area contributed by atoms with Gasteiger partial charge in [-0.05, 0) is 30.2 Å². The summed E-state index contributed by atoms with van der Waals surface area (Å²) in [6.07, 6.45) is -0.391. The molecule has 0 aliphatic carbocycles. The molecular weight excluding hydrogens is 360 g/mol. The van der Waals surface area contributed by atoms with Crippen LogP contribution in [0.4, 0.5) is 4.79 Å². The van der Waals surface area contributed by atoms with E-state index in [4.69, 9.17) is 20.8 Å². The van der Waals surface area contributed by atoms with Crippen molar-refractivity contribution in [3.8, 4) is 0 Å². The van der Waals surface area contributed by atoms with Gasteiger partial charge in [0.05, 0.1) is 6.54 Å². The maximum absolute atomic E-state index is 12.1. The minimum Gasteiger partial charge on any atom is -0.448 e. The number of hydrogen-bond acceptors (Lipinski definition) is 7. The molecule has 1 fully saturated rings. The average molecular weight is 375 g/mol. The third-order valence-corrected chi connectivity index (χ3v) is 3.35. The van der Waals surface area contributed by atoms with E-state index in [0.717, 1.165) is 11.8 Å². The standard InChI is InChI=1S/C13H15ClN4O7/c1-9(19)23-8-24-13(20)17-6-2-5-16(12(17)15-18(21)22)7-10-3-4-11(14)25-10/h3-4H,2,5-8H2,1H3/b15-12-. The molecule has 1 aromatic heterocycles. The van der Waals surface area contributed by atoms with Crippen LogP contribution in [-0.2, 0) is 20.8 Å². The van der Waals surface area contributed by atoms with E-state index in [1.54, 1.807) is 6.07 Å². The zero-order chi connectivity index (χ0) is 18.4. The van der Waals surface area contributed by atoms with Gasteiger partial charge in [-0.2, -0.15) is 0 Å². The van der Waals surface area contributed by atoms with Gasteiger partial charge in [0.1, 0.15) is 10.9 Å². The van der Waals surface area contributed by atoms with Crippen molar-refractivity contribution in [2.75, 3.05) is 19.9 Å². The molecule has 0 radical (unpaired) electrons. The Morgan fingerprint density at radius 2 is 2.16 bits per heavy atom. The smallest absolute Gasteiger partial charge is 0.419 e. The van der Waals surface area contributed by atoms with Gasteiger partial charge in [0, 0.05) is 20.0 Å². The van der Waals surface area contributed by atoms with Crippen molar-refractivity contribution in [1.29, 1.82) is 0 Å². The van der Waals surface area contributed by atoms with Crippen molar-refractivity contribution >= 4 is 29.6 Å². The number of hydrogen-bond donors (Lipinski definition) is 0. The summed E-state index contributed by atoms with van der Waals surface area (Å²) in [6.45, 7) is 1.28. The van der Waals surface area contributed by atoms with Gasteiger partial charge in [-0.1, -0.05) is 0 Å². The minimum absolute atomic E-state index is 0.132. The zero-order valence-electron chi connectivity index (χ0n) is 13.2. The van der Waals surface area contributed by atoms with Crippen molar-refractivity contribution in [3.05, 3.63) is 33.2 Å². The number of hydrazone groups is 1. The molecule has 0 unspecified atom stereocenters. The fourth-order valence-corrected chi connectivity index (χ4v) is 2.33. The van der Waals surface area contributed by atoms with Crippen molar-refractivity contribution in [3.63, 3.8) is 0 Å². The molecule has 2 heterocycles. The van der Waals surface area contributed by atoms with Crippen LogP contribution in [0, 0.1) is 10.1 Å². The molecule has 1 saturated heterocycles. The third-order valence-electron chi connectivity index (χ3n) is 3.15. The summed E-state index contributed by atoms with van der Waals surface area (Å²) in [7, 11) is 0. The van der Waals surface area contributed by atoms with Crippen LogP contribution in [0.1, 0.15) is 19.1 Å². The number of furan rings is 1. The molecule has 12 heteroatoms. The van der Waals surface area contributed by atoms with Crippen LogP contribution in [0.25, 0.3) is 0 Å². The SMILES string of the molecule is CC(=O)OCOC(=O)N1CCCN(Cc2ccc(Cl)o2)/C1=N/[N+](=O)[O-]. The number of guanidine groups is 1. The highest BCUT2D eigenvalue weighted by molar-refractivity contribution is 6.28. The lowest BCUT2D eigenvalue weighted by Crippen LogP contribution is -2.52. The van der Waals surface area contributed by atoms with E-state index < -0.39 is 23.9 Å². The van der Waals surface area contributed by atoms with E-state index in [2.05, 4.69) is 9.84 Å². The predicted molar refractivity (Wildman–Crippen MR) is 83.0 cm³/mol. The molecule has 2 rings (SSSR count). The molecule has 25 heavy (non-hydrogen) atoms. The second-order valence-corrected chi connectivity index (χ2v) is 5.31. The van der Waals surface area contributed by atoms with Gasteiger partial charge in [-0.15, -0.1) is 0 Å². The van der Waals surface area contributed by atoms with E-state index in [9.17, 15) is 19.7 Å². The molecule has 0 bridgehead atoms. The fourth-order valence-electron chi connectivity index (χ4n) is 2.17. The number of carbonyl (C=O) groups excluding carboxylic acids is 2. The number of nitro groups is 1. The number of halogens is 1. The summed E-state index contributed by atoms with van der Waals surface area (Å²) in [5, 5.41) is 13.4. The van der Waals surface area contributed by atoms with Gasteiger partial charge in [-0.25, -0.2) is 19.8 Å². The lowest BCUT2D eigenvalue weighted by Gasteiger charge is -2.34. The Balaban J connectivity index is 2.13. The van der Waals surface area contributed by atoms with E-state index in [1.165, 1.54) is 11.0 Å². The second kappa shape index (κ2) is 8.33. The Hall–Kier alpha value is -2.82. The predicted octanol–water partition coefficient (Wildman–Crippen LogP) is 1.65. The Morgan fingerprint density at radius 1 is 1.40 bits per heavy atom. The summed E-state index contributed by atoms with van der Waals surface area (Å²) in [4.78, 5) is 36.1. The molecule has 1 amide bonds. The first-order chi connectivity index (χ1) is 11.9. The minimum atomic E-state index is -0.913. The highest BCUT2D eigenvalue weighted by Crippen LogP contribution is 2.19. The number of carbonyl (C=O) groups is 2. The second-order valence-electron chi connectivity index (χ2n) is 4.93. The molecule has 0 N–H and O–H groups in total. The highest BCUT2D eigenvalue weighted by Gasteiger charge is 2.33. The van der Waals surface area contributed by atoms with E-state index in [-0.39, 0.29) is 24.3 Å². The number of nitrogens with zero attached hydrogens (tertiary/aromatic N) is 4. The lowest BCUT2D eigenvalue weighted by atomic mass is 10.3. The average Bonchev–Trinajstić information content (AvgIpc) is 2.93. The summed E-state index contributed by atoms with van der Waals surface area (Å²) >= 11 is 5.71. The molecule has 0 atom stereocenters. The molecule has 0 saturated carbocycles. The summed E-state index contributed by atoms with van der Waals surface area (Å²) in [5.74, 6) is -0.366. The molecule has 1 aliphatic rings. The monoisotopic (exact) mass is 374 g/mol. The topological polar surface area (TPSA) is 128 Å². The van der Waals surface area contributed by atoms with Gasteiger partial charge in [-0.3, -0.25) is 4.79 Å². The molecule has 0 aromatic carbocycles. The first-order valence-corrected chi connectivity index (χ1v) is 7.54. The highest BCUT2D eigenvalue weighted by atomic mass is 35.5. The van der Waals surface area contributed by atoms with Crippen LogP contribution < -0.4 is 0 Å². The fraction of sp³-hybridized carbons (Fsp3) is 0.462. The molecule has 1 aromatic rings. The molecule has 136 valence electrons. The first-order valence-electron chi connectivity index (χ1n) is 7.16. The van der Waals surface area contributed by atoms with Crippen LogP contribution in [0.2, 0.25) is 5.22 Å². The van der Waals surface area contributed by atoms with Gasteiger partial charge in [0.15, 0.2) is 10.3 Å². The van der Waals surface area contributed by atoms with Gasteiger partial charge in [0.2, 0.25) is 6.79 Å². The van der Waals surface area contributed by atoms with E-state index in [0.29, 0.717) is 18.7 Å². The van der Waals surface area contributed by atoms with Gasteiger partial charge >= 0.3 is 12.1 Å². The van der Waals surface area contributed by atoms with Crippen LogP contribution in [0.15, 0.2) is 21.7 Å². The van der Waals surface area contributed by atoms with Crippen LogP contribution in [0.5, 0.6) is 0 Å². The van der Waals surface area contributed by atoms with Crippen molar-refractivity contribution in [2.45, 2.75) is 19.9 Å². The first kappa shape index (κ1) is 18.5. The molecule has 1 aliphatic heterocycles. The van der Waals surface area contributed by atoms with E-state index in [1.807, 2.05) is 0 Å². The van der Waals surface area contributed by atoms with Crippen molar-refractivity contribution in [1.82, 2.24) is 9.80 Å². The Bertz CT molecular complexity index is 690. The molecular formula is C13H15ClN4O7. The van der Waals surface area contributed by atoms with E-state index >= 15 is 0 Å².